The number of hydrogen-bond donors (Lipinski definition) is 1. The zero-order valence-electron chi connectivity index (χ0n) is 19.8. The molecule has 0 radical (unpaired) electrons. The fourth-order valence-electron chi connectivity index (χ4n) is 4.47. The monoisotopic (exact) mass is 497 g/mol. The van der Waals surface area contributed by atoms with Crippen molar-refractivity contribution in [3.8, 4) is 16.9 Å². The summed E-state index contributed by atoms with van der Waals surface area (Å²) in [5.41, 5.74) is 7.31. The van der Waals surface area contributed by atoms with Gasteiger partial charge in [-0.2, -0.15) is 9.78 Å². The van der Waals surface area contributed by atoms with Crippen LogP contribution < -0.4 is 16.2 Å². The number of carbonyl (C=O) groups excluding carboxylic acids is 1. The Hall–Kier alpha value is -4.83. The van der Waals surface area contributed by atoms with Crippen molar-refractivity contribution in [2.45, 2.75) is 0 Å². The van der Waals surface area contributed by atoms with Crippen LogP contribution in [-0.2, 0) is 4.74 Å². The van der Waals surface area contributed by atoms with Crippen molar-refractivity contribution in [2.24, 2.45) is 5.73 Å². The first-order valence-corrected chi connectivity index (χ1v) is 11.6. The van der Waals surface area contributed by atoms with E-state index in [1.165, 1.54) is 6.07 Å². The Balaban J connectivity index is 1.81. The van der Waals surface area contributed by atoms with Gasteiger partial charge in [-0.3, -0.25) is 19.7 Å². The molecule has 0 aliphatic carbocycles. The van der Waals surface area contributed by atoms with Gasteiger partial charge in [0.15, 0.2) is 0 Å². The topological polar surface area (TPSA) is 134 Å². The first-order valence-electron chi connectivity index (χ1n) is 11.6. The quantitative estimate of drug-likeness (QED) is 0.318. The third-order valence-corrected chi connectivity index (χ3v) is 6.31. The minimum atomic E-state index is -0.628. The van der Waals surface area contributed by atoms with Gasteiger partial charge in [-0.15, -0.1) is 0 Å². The lowest BCUT2D eigenvalue weighted by molar-refractivity contribution is -0.384. The Morgan fingerprint density at radius 2 is 1.81 bits per heavy atom. The zero-order valence-corrected chi connectivity index (χ0v) is 19.8. The lowest BCUT2D eigenvalue weighted by Gasteiger charge is -2.29. The Morgan fingerprint density at radius 1 is 1.08 bits per heavy atom. The Kier molecular flexibility index (Phi) is 6.24. The predicted molar refractivity (Wildman–Crippen MR) is 141 cm³/mol. The summed E-state index contributed by atoms with van der Waals surface area (Å²) < 4.78 is 6.48. The highest BCUT2D eigenvalue weighted by atomic mass is 16.6. The minimum Gasteiger partial charge on any atom is -0.378 e. The third-order valence-electron chi connectivity index (χ3n) is 6.31. The maximum Gasteiger partial charge on any atom is 0.295 e. The Labute approximate surface area is 211 Å². The number of amides is 1. The van der Waals surface area contributed by atoms with Crippen molar-refractivity contribution in [1.29, 1.82) is 0 Å². The van der Waals surface area contributed by atoms with E-state index in [2.05, 4.69) is 11.7 Å². The van der Waals surface area contributed by atoms with E-state index < -0.39 is 16.4 Å². The fraction of sp³-hybridized carbons (Fsp3) is 0.148. The van der Waals surface area contributed by atoms with Gasteiger partial charge in [0, 0.05) is 41.4 Å². The summed E-state index contributed by atoms with van der Waals surface area (Å²) in [6.07, 6.45) is 1.57. The molecule has 1 saturated heterocycles. The van der Waals surface area contributed by atoms with Crippen LogP contribution in [0.3, 0.4) is 0 Å². The number of hydrogen-bond acceptors (Lipinski definition) is 7. The highest BCUT2D eigenvalue weighted by Gasteiger charge is 2.23. The highest BCUT2D eigenvalue weighted by molar-refractivity contribution is 5.98. The highest BCUT2D eigenvalue weighted by Crippen LogP contribution is 2.31. The number of ether oxygens (including phenoxy) is 1. The van der Waals surface area contributed by atoms with Crippen molar-refractivity contribution in [2.75, 3.05) is 31.2 Å². The van der Waals surface area contributed by atoms with Crippen molar-refractivity contribution in [1.82, 2.24) is 9.78 Å². The number of nitro benzene ring substituents is 1. The standard InChI is InChI=1S/C27H23N5O5/c1-2-17-13-18(15-19(14-17)26(28)33)25-21-5-3-4-6-22(21)27(34)31(29-25)24-16-20(7-8-23(24)32(35)36)30-9-11-37-12-10-30/h2-8,13-16H,1,9-12H2,(H2,28,33). The number of fused-ring (bicyclic) bond motifs is 1. The van der Waals surface area contributed by atoms with E-state index in [4.69, 9.17) is 10.5 Å². The minimum absolute atomic E-state index is 0.0426. The number of rotatable bonds is 6. The molecule has 2 N–H and O–H groups in total. The summed E-state index contributed by atoms with van der Waals surface area (Å²) in [4.78, 5) is 39.1. The number of nitrogens with two attached hydrogens (primary N) is 1. The van der Waals surface area contributed by atoms with Crippen LogP contribution in [0.2, 0.25) is 0 Å². The molecular weight excluding hydrogens is 474 g/mol. The average Bonchev–Trinajstić information content (AvgIpc) is 2.93. The summed E-state index contributed by atoms with van der Waals surface area (Å²) in [5, 5.41) is 17.5. The molecule has 0 unspecified atom stereocenters. The summed E-state index contributed by atoms with van der Waals surface area (Å²) in [5.74, 6) is -0.628. The molecule has 1 aliphatic heterocycles. The summed E-state index contributed by atoms with van der Waals surface area (Å²) in [6.45, 7) is 6.08. The number of nitro groups is 1. The van der Waals surface area contributed by atoms with E-state index in [-0.39, 0.29) is 16.9 Å². The van der Waals surface area contributed by atoms with Gasteiger partial charge in [-0.05, 0) is 42.0 Å². The molecule has 3 aromatic carbocycles. The van der Waals surface area contributed by atoms with E-state index in [1.807, 2.05) is 4.90 Å². The molecule has 1 amide bonds. The SMILES string of the molecule is C=Cc1cc(C(N)=O)cc(-c2nn(-c3cc(N4CCOCC4)ccc3[N+](=O)[O-])c(=O)c3ccccc23)c1. The Morgan fingerprint density at radius 3 is 2.49 bits per heavy atom. The first kappa shape index (κ1) is 23.9. The van der Waals surface area contributed by atoms with Gasteiger partial charge in [-0.1, -0.05) is 30.9 Å². The molecule has 0 spiro atoms. The molecule has 1 fully saturated rings. The van der Waals surface area contributed by atoms with E-state index in [9.17, 15) is 19.7 Å². The van der Waals surface area contributed by atoms with Crippen molar-refractivity contribution in [3.05, 3.63) is 98.8 Å². The van der Waals surface area contributed by atoms with E-state index in [0.29, 0.717) is 53.9 Å². The fourth-order valence-corrected chi connectivity index (χ4v) is 4.47. The Bertz CT molecular complexity index is 1620. The molecule has 10 nitrogen and oxygen atoms in total. The molecule has 10 heteroatoms. The van der Waals surface area contributed by atoms with Crippen molar-refractivity contribution >= 4 is 34.1 Å². The molecule has 37 heavy (non-hydrogen) atoms. The van der Waals surface area contributed by atoms with Gasteiger partial charge >= 0.3 is 0 Å². The van der Waals surface area contributed by atoms with Crippen LogP contribution in [0.25, 0.3) is 33.8 Å². The van der Waals surface area contributed by atoms with Crippen LogP contribution in [0.4, 0.5) is 11.4 Å². The number of primary amides is 1. The van der Waals surface area contributed by atoms with E-state index >= 15 is 0 Å². The lowest BCUT2D eigenvalue weighted by atomic mass is 9.99. The molecule has 2 heterocycles. The third kappa shape index (κ3) is 4.45. The maximum atomic E-state index is 13.6. The molecule has 0 bridgehead atoms. The van der Waals surface area contributed by atoms with Gasteiger partial charge in [0.25, 0.3) is 11.2 Å². The predicted octanol–water partition coefficient (Wildman–Crippen LogP) is 3.54. The van der Waals surface area contributed by atoms with E-state index in [0.717, 1.165) is 10.4 Å². The molecule has 1 aromatic heterocycles. The molecule has 186 valence electrons. The van der Waals surface area contributed by atoms with E-state index in [1.54, 1.807) is 60.7 Å². The first-order chi connectivity index (χ1) is 17.9. The lowest BCUT2D eigenvalue weighted by Crippen LogP contribution is -2.36. The summed E-state index contributed by atoms with van der Waals surface area (Å²) in [6, 6.07) is 16.5. The second-order valence-electron chi connectivity index (χ2n) is 8.55. The molecule has 5 rings (SSSR count). The number of aromatic nitrogens is 2. The number of carbonyl (C=O) groups is 1. The van der Waals surface area contributed by atoms with Gasteiger partial charge in [-0.25, -0.2) is 0 Å². The van der Waals surface area contributed by atoms with Crippen molar-refractivity contribution < 1.29 is 14.5 Å². The maximum absolute atomic E-state index is 13.6. The number of benzene rings is 3. The van der Waals surface area contributed by atoms with Crippen LogP contribution in [0, 0.1) is 10.1 Å². The second-order valence-corrected chi connectivity index (χ2v) is 8.55. The smallest absolute Gasteiger partial charge is 0.295 e. The van der Waals surface area contributed by atoms with Gasteiger partial charge in [0.2, 0.25) is 5.91 Å². The normalized spacial score (nSPS) is 13.5. The number of morpholine rings is 1. The van der Waals surface area contributed by atoms with Crippen LogP contribution in [0.5, 0.6) is 0 Å². The average molecular weight is 498 g/mol. The van der Waals surface area contributed by atoms with Gasteiger partial charge < -0.3 is 15.4 Å². The largest absolute Gasteiger partial charge is 0.378 e. The van der Waals surface area contributed by atoms with Crippen LogP contribution >= 0.6 is 0 Å². The summed E-state index contributed by atoms with van der Waals surface area (Å²) >= 11 is 0. The van der Waals surface area contributed by atoms with Gasteiger partial charge in [0.05, 0.1) is 29.2 Å². The summed E-state index contributed by atoms with van der Waals surface area (Å²) in [7, 11) is 0. The van der Waals surface area contributed by atoms with Crippen LogP contribution in [0.15, 0.2) is 72.0 Å². The molecule has 0 atom stereocenters. The number of nitrogens with zero attached hydrogens (tertiary/aromatic N) is 4. The van der Waals surface area contributed by atoms with Crippen LogP contribution in [0.1, 0.15) is 15.9 Å². The molecular formula is C27H23N5O5. The van der Waals surface area contributed by atoms with Crippen LogP contribution in [-0.4, -0.2) is 46.9 Å². The molecule has 1 aliphatic rings. The second kappa shape index (κ2) is 9.67. The van der Waals surface area contributed by atoms with Gasteiger partial charge in [0.1, 0.15) is 5.69 Å². The molecule has 0 saturated carbocycles. The van der Waals surface area contributed by atoms with Crippen molar-refractivity contribution in [3.63, 3.8) is 0 Å². The zero-order chi connectivity index (χ0) is 26.1. The number of anilines is 1. The molecule has 4 aromatic rings.